The van der Waals surface area contributed by atoms with Crippen LogP contribution in [0.2, 0.25) is 0 Å². The molecule has 0 aromatic rings. The minimum Gasteiger partial charge on any atom is -0.363 e. The molecular formula is C10H10BrNO2. The summed E-state index contributed by atoms with van der Waals surface area (Å²) < 4.78 is 5.74. The molecule has 2 heterocycles. The highest BCUT2D eigenvalue weighted by atomic mass is 79.9. The quantitative estimate of drug-likeness (QED) is 0.616. The van der Waals surface area contributed by atoms with Crippen LogP contribution in [-0.4, -0.2) is 22.3 Å². The van der Waals surface area contributed by atoms with Gasteiger partial charge in [0.25, 0.3) is 0 Å². The monoisotopic (exact) mass is 255 g/mol. The van der Waals surface area contributed by atoms with Gasteiger partial charge in [0.2, 0.25) is 0 Å². The Kier molecular flexibility index (Phi) is 1.41. The van der Waals surface area contributed by atoms with Gasteiger partial charge in [-0.15, -0.1) is 0 Å². The number of hydrogen-bond acceptors (Lipinski definition) is 3. The third kappa shape index (κ3) is 0.718. The Morgan fingerprint density at radius 3 is 3.00 bits per heavy atom. The topological polar surface area (TPSA) is 50.1 Å². The van der Waals surface area contributed by atoms with Crippen molar-refractivity contribution in [2.45, 2.75) is 36.3 Å². The summed E-state index contributed by atoms with van der Waals surface area (Å²) in [6, 6.07) is 2.21. The molecule has 4 unspecified atom stereocenters. The maximum Gasteiger partial charge on any atom is 0.183 e. The van der Waals surface area contributed by atoms with Crippen LogP contribution in [-0.2, 0) is 9.53 Å². The molecule has 0 amide bonds. The van der Waals surface area contributed by atoms with Crippen LogP contribution in [0.15, 0.2) is 0 Å². The van der Waals surface area contributed by atoms with Crippen LogP contribution in [0, 0.1) is 22.7 Å². The molecule has 4 heteroatoms. The normalized spacial score (nSPS) is 59.2. The predicted octanol–water partition coefficient (Wildman–Crippen LogP) is 1.41. The third-order valence-corrected chi connectivity index (χ3v) is 5.14. The molecule has 5 atom stereocenters. The maximum atomic E-state index is 11.9. The number of nitriles is 1. The number of rotatable bonds is 0. The summed E-state index contributed by atoms with van der Waals surface area (Å²) >= 11 is 3.52. The first-order chi connectivity index (χ1) is 6.52. The summed E-state index contributed by atoms with van der Waals surface area (Å²) in [7, 11) is 0. The molecule has 4 fully saturated rings. The lowest BCUT2D eigenvalue weighted by atomic mass is 9.74. The zero-order valence-corrected chi connectivity index (χ0v) is 9.37. The molecule has 2 aliphatic carbocycles. The van der Waals surface area contributed by atoms with E-state index in [2.05, 4.69) is 22.0 Å². The van der Waals surface area contributed by atoms with E-state index in [1.807, 2.05) is 6.92 Å². The third-order valence-electron chi connectivity index (χ3n) is 4.02. The Balaban J connectivity index is 2.15. The highest BCUT2D eigenvalue weighted by Crippen LogP contribution is 2.63. The van der Waals surface area contributed by atoms with Crippen molar-refractivity contribution in [2.75, 3.05) is 0 Å². The molecule has 0 radical (unpaired) electrons. The second-order valence-electron chi connectivity index (χ2n) is 4.84. The molecular weight excluding hydrogens is 246 g/mol. The molecule has 3 nitrogen and oxygen atoms in total. The largest absolute Gasteiger partial charge is 0.363 e. The van der Waals surface area contributed by atoms with Gasteiger partial charge in [0.1, 0.15) is 11.5 Å². The van der Waals surface area contributed by atoms with Gasteiger partial charge in [0.05, 0.1) is 16.5 Å². The van der Waals surface area contributed by atoms with Crippen LogP contribution >= 0.6 is 15.9 Å². The number of hydrogen-bond donors (Lipinski definition) is 0. The van der Waals surface area contributed by atoms with Crippen molar-refractivity contribution in [2.24, 2.45) is 11.3 Å². The maximum absolute atomic E-state index is 11.9. The smallest absolute Gasteiger partial charge is 0.183 e. The van der Waals surface area contributed by atoms with E-state index < -0.39 is 5.41 Å². The van der Waals surface area contributed by atoms with Crippen LogP contribution in [0.4, 0.5) is 0 Å². The predicted molar refractivity (Wildman–Crippen MR) is 51.8 cm³/mol. The van der Waals surface area contributed by atoms with Gasteiger partial charge in [-0.25, -0.2) is 0 Å². The molecule has 4 rings (SSSR count). The molecule has 2 saturated heterocycles. The van der Waals surface area contributed by atoms with E-state index in [-0.39, 0.29) is 22.3 Å². The van der Waals surface area contributed by atoms with Crippen LogP contribution in [0.25, 0.3) is 0 Å². The first kappa shape index (κ1) is 8.87. The van der Waals surface area contributed by atoms with E-state index in [9.17, 15) is 4.79 Å². The Morgan fingerprint density at radius 1 is 1.71 bits per heavy atom. The van der Waals surface area contributed by atoms with E-state index in [4.69, 9.17) is 10.00 Å². The van der Waals surface area contributed by atoms with Crippen molar-refractivity contribution in [3.05, 3.63) is 0 Å². The van der Waals surface area contributed by atoms with Gasteiger partial charge in [-0.3, -0.25) is 4.79 Å². The van der Waals surface area contributed by atoms with Crippen LogP contribution in [0.3, 0.4) is 0 Å². The zero-order valence-electron chi connectivity index (χ0n) is 7.79. The molecule has 0 aromatic heterocycles. The van der Waals surface area contributed by atoms with E-state index in [1.165, 1.54) is 0 Å². The highest BCUT2D eigenvalue weighted by Gasteiger charge is 2.71. The Hall–Kier alpha value is -0.400. The Morgan fingerprint density at radius 2 is 2.43 bits per heavy atom. The number of Topliss-reactive ketones (excluding diaryl/α,β-unsaturated/α-hetero) is 1. The van der Waals surface area contributed by atoms with Gasteiger partial charge in [0.15, 0.2) is 5.78 Å². The molecule has 0 N–H and O–H groups in total. The number of alkyl halides is 1. The second-order valence-corrected chi connectivity index (χ2v) is 5.90. The fourth-order valence-electron chi connectivity index (χ4n) is 3.34. The number of nitrogens with zero attached hydrogens (tertiary/aromatic N) is 1. The van der Waals surface area contributed by atoms with E-state index in [0.29, 0.717) is 18.8 Å². The van der Waals surface area contributed by atoms with Crippen molar-refractivity contribution in [3.8, 4) is 6.07 Å². The minimum absolute atomic E-state index is 0.00639. The summed E-state index contributed by atoms with van der Waals surface area (Å²) in [6.07, 6.45) is 0.872. The minimum atomic E-state index is -0.730. The number of carbonyl (C=O) groups is 1. The average molecular weight is 256 g/mol. The SMILES string of the molecule is CC12CC3(C#N)CC1[C@H](Br)C(O2)C3=O. The molecule has 2 saturated carbocycles. The zero-order chi connectivity index (χ0) is 10.1. The summed E-state index contributed by atoms with van der Waals surface area (Å²) in [5, 5.41) is 9.14. The van der Waals surface area contributed by atoms with Crippen molar-refractivity contribution in [1.82, 2.24) is 0 Å². The lowest BCUT2D eigenvalue weighted by molar-refractivity contribution is -0.151. The summed E-state index contributed by atoms with van der Waals surface area (Å²) in [4.78, 5) is 12.1. The Bertz CT molecular complexity index is 377. The summed E-state index contributed by atoms with van der Waals surface area (Å²) in [5.41, 5.74) is -0.977. The van der Waals surface area contributed by atoms with Crippen molar-refractivity contribution in [1.29, 1.82) is 5.26 Å². The van der Waals surface area contributed by atoms with Gasteiger partial charge < -0.3 is 4.74 Å². The van der Waals surface area contributed by atoms with Crippen LogP contribution in [0.1, 0.15) is 19.8 Å². The number of ether oxygens (including phenoxy) is 1. The van der Waals surface area contributed by atoms with Gasteiger partial charge in [-0.05, 0) is 13.3 Å². The van der Waals surface area contributed by atoms with E-state index in [0.717, 1.165) is 0 Å². The molecule has 2 aliphatic heterocycles. The standard InChI is InChI=1S/C10H10BrNO2/c1-9-3-10(4-12)2-5(9)6(11)7(14-9)8(10)13/h5-7H,2-3H2,1H3/t5?,6-,7?,9?,10?/m0/s1. The Labute approximate surface area is 90.5 Å². The number of halogens is 1. The molecule has 0 spiro atoms. The highest BCUT2D eigenvalue weighted by molar-refractivity contribution is 9.09. The fourth-order valence-corrected chi connectivity index (χ4v) is 4.43. The van der Waals surface area contributed by atoms with Crippen molar-refractivity contribution >= 4 is 21.7 Å². The van der Waals surface area contributed by atoms with Crippen molar-refractivity contribution < 1.29 is 9.53 Å². The number of ketones is 1. The first-order valence-corrected chi connectivity index (χ1v) is 5.71. The van der Waals surface area contributed by atoms with Gasteiger partial charge in [-0.2, -0.15) is 5.26 Å². The lowest BCUT2D eigenvalue weighted by Gasteiger charge is -2.34. The van der Waals surface area contributed by atoms with Gasteiger partial charge in [0, 0.05) is 12.3 Å². The summed E-state index contributed by atoms with van der Waals surface area (Å²) in [5.74, 6) is 0.318. The molecule has 74 valence electrons. The van der Waals surface area contributed by atoms with E-state index >= 15 is 0 Å². The van der Waals surface area contributed by atoms with E-state index in [1.54, 1.807) is 0 Å². The summed E-state index contributed by atoms with van der Waals surface area (Å²) in [6.45, 7) is 2.03. The average Bonchev–Trinajstić information content (AvgIpc) is 2.52. The number of carbonyl (C=O) groups excluding carboxylic acids is 1. The van der Waals surface area contributed by atoms with Gasteiger partial charge >= 0.3 is 0 Å². The molecule has 14 heavy (non-hydrogen) atoms. The van der Waals surface area contributed by atoms with Crippen LogP contribution in [0.5, 0.6) is 0 Å². The first-order valence-electron chi connectivity index (χ1n) is 4.80. The molecule has 4 bridgehead atoms. The van der Waals surface area contributed by atoms with Crippen molar-refractivity contribution in [3.63, 3.8) is 0 Å². The molecule has 4 aliphatic rings. The van der Waals surface area contributed by atoms with Gasteiger partial charge in [-0.1, -0.05) is 15.9 Å². The lowest BCUT2D eigenvalue weighted by Crippen LogP contribution is -2.48. The fraction of sp³-hybridized carbons (Fsp3) is 0.800. The van der Waals surface area contributed by atoms with Crippen LogP contribution < -0.4 is 0 Å². The molecule has 0 aromatic carbocycles. The second kappa shape index (κ2) is 2.23.